The molecule has 1 rings (SSSR count). The van der Waals surface area contributed by atoms with Crippen LogP contribution in [0, 0.1) is 17.1 Å². The molecule has 0 amide bonds. The van der Waals surface area contributed by atoms with Crippen molar-refractivity contribution in [2.24, 2.45) is 0 Å². The summed E-state index contributed by atoms with van der Waals surface area (Å²) >= 11 is 0. The number of hydrogen-bond donors (Lipinski definition) is 1. The molecule has 0 aliphatic rings. The van der Waals surface area contributed by atoms with Crippen LogP contribution in [-0.2, 0) is 6.54 Å². The van der Waals surface area contributed by atoms with Crippen molar-refractivity contribution in [3.63, 3.8) is 0 Å². The Kier molecular flexibility index (Phi) is 4.83. The van der Waals surface area contributed by atoms with Gasteiger partial charge in [0.15, 0.2) is 0 Å². The summed E-state index contributed by atoms with van der Waals surface area (Å²) in [6.07, 6.45) is 0. The minimum absolute atomic E-state index is 0.344. The second-order valence-electron chi connectivity index (χ2n) is 5.03. The van der Waals surface area contributed by atoms with Crippen LogP contribution in [0.2, 0.25) is 0 Å². The second-order valence-corrected chi connectivity index (χ2v) is 5.03. The summed E-state index contributed by atoms with van der Waals surface area (Å²) in [5, 5.41) is 18.8. The Bertz CT molecular complexity index is 446. The van der Waals surface area contributed by atoms with E-state index in [4.69, 9.17) is 5.26 Å². The molecule has 0 unspecified atom stereocenters. The minimum Gasteiger partial charge on any atom is -0.389 e. The van der Waals surface area contributed by atoms with Crippen LogP contribution in [0.4, 0.5) is 4.39 Å². The average molecular weight is 250 g/mol. The van der Waals surface area contributed by atoms with Gasteiger partial charge in [0, 0.05) is 13.1 Å². The molecule has 0 saturated carbocycles. The molecular weight excluding hydrogens is 231 g/mol. The summed E-state index contributed by atoms with van der Waals surface area (Å²) in [4.78, 5) is 1.98. The first-order valence-electron chi connectivity index (χ1n) is 5.99. The summed E-state index contributed by atoms with van der Waals surface area (Å²) < 4.78 is 13.2. The van der Waals surface area contributed by atoms with Gasteiger partial charge in [0.05, 0.1) is 17.2 Å². The Hall–Kier alpha value is -1.44. The quantitative estimate of drug-likeness (QED) is 0.872. The lowest BCUT2D eigenvalue weighted by molar-refractivity contribution is 0.0353. The molecule has 0 saturated heterocycles. The lowest BCUT2D eigenvalue weighted by atomic mass is 10.1. The van der Waals surface area contributed by atoms with Crippen molar-refractivity contribution < 1.29 is 9.50 Å². The van der Waals surface area contributed by atoms with Crippen LogP contribution in [0.3, 0.4) is 0 Å². The predicted octanol–water partition coefficient (Wildman–Crippen LogP) is 2.29. The SMILES string of the molecule is CCN(Cc1cc(F)ccc1C#N)CC(C)(C)O. The number of benzene rings is 1. The van der Waals surface area contributed by atoms with E-state index in [1.807, 2.05) is 11.8 Å². The molecule has 0 aliphatic carbocycles. The molecular formula is C14H19FN2O. The maximum absolute atomic E-state index is 13.2. The first-order chi connectivity index (χ1) is 8.35. The lowest BCUT2D eigenvalue weighted by Crippen LogP contribution is -2.38. The van der Waals surface area contributed by atoms with Crippen molar-refractivity contribution in [1.29, 1.82) is 5.26 Å². The van der Waals surface area contributed by atoms with Gasteiger partial charge in [-0.15, -0.1) is 0 Å². The third-order valence-electron chi connectivity index (χ3n) is 2.64. The Balaban J connectivity index is 2.88. The number of hydrogen-bond acceptors (Lipinski definition) is 3. The maximum atomic E-state index is 13.2. The van der Waals surface area contributed by atoms with Crippen LogP contribution in [0.25, 0.3) is 0 Å². The fourth-order valence-corrected chi connectivity index (χ4v) is 1.87. The Labute approximate surface area is 107 Å². The second kappa shape index (κ2) is 5.94. The molecule has 0 heterocycles. The van der Waals surface area contributed by atoms with E-state index < -0.39 is 5.60 Å². The minimum atomic E-state index is -0.809. The zero-order chi connectivity index (χ0) is 13.8. The molecule has 4 heteroatoms. The Morgan fingerprint density at radius 2 is 2.11 bits per heavy atom. The van der Waals surface area contributed by atoms with Crippen LogP contribution < -0.4 is 0 Å². The number of nitrogens with zero attached hydrogens (tertiary/aromatic N) is 2. The smallest absolute Gasteiger partial charge is 0.123 e. The van der Waals surface area contributed by atoms with Crippen LogP contribution in [0.15, 0.2) is 18.2 Å². The van der Waals surface area contributed by atoms with E-state index in [2.05, 4.69) is 6.07 Å². The molecule has 0 bridgehead atoms. The van der Waals surface area contributed by atoms with Gasteiger partial charge in [-0.2, -0.15) is 5.26 Å². The molecule has 0 spiro atoms. The van der Waals surface area contributed by atoms with Gasteiger partial charge in [-0.25, -0.2) is 4.39 Å². The van der Waals surface area contributed by atoms with E-state index in [-0.39, 0.29) is 5.82 Å². The average Bonchev–Trinajstić information content (AvgIpc) is 2.26. The maximum Gasteiger partial charge on any atom is 0.123 e. The summed E-state index contributed by atoms with van der Waals surface area (Å²) in [5.41, 5.74) is 0.324. The van der Waals surface area contributed by atoms with E-state index in [1.165, 1.54) is 18.2 Å². The molecule has 3 nitrogen and oxygen atoms in total. The van der Waals surface area contributed by atoms with Crippen LogP contribution >= 0.6 is 0 Å². The Morgan fingerprint density at radius 3 is 2.61 bits per heavy atom. The van der Waals surface area contributed by atoms with Crippen molar-refractivity contribution in [1.82, 2.24) is 4.90 Å². The molecule has 98 valence electrons. The standard InChI is InChI=1S/C14H19FN2O/c1-4-17(10-14(2,3)18)9-12-7-13(15)6-5-11(12)8-16/h5-7,18H,4,9-10H2,1-3H3. The number of likely N-dealkylation sites (N-methyl/N-ethyl adjacent to an activating group) is 1. The summed E-state index contributed by atoms with van der Waals surface area (Å²) in [5.74, 6) is -0.344. The molecule has 0 aliphatic heterocycles. The normalized spacial score (nSPS) is 11.6. The highest BCUT2D eigenvalue weighted by Gasteiger charge is 2.18. The van der Waals surface area contributed by atoms with Crippen molar-refractivity contribution in [2.45, 2.75) is 32.9 Å². The predicted molar refractivity (Wildman–Crippen MR) is 68.4 cm³/mol. The molecule has 0 aromatic heterocycles. The zero-order valence-corrected chi connectivity index (χ0v) is 11.1. The number of rotatable bonds is 5. The van der Waals surface area contributed by atoms with Crippen molar-refractivity contribution in [3.8, 4) is 6.07 Å². The fraction of sp³-hybridized carbons (Fsp3) is 0.500. The third kappa shape index (κ3) is 4.44. The van der Waals surface area contributed by atoms with E-state index in [0.29, 0.717) is 24.2 Å². The summed E-state index contributed by atoms with van der Waals surface area (Å²) in [6, 6.07) is 6.21. The first-order valence-corrected chi connectivity index (χ1v) is 5.99. The highest BCUT2D eigenvalue weighted by atomic mass is 19.1. The third-order valence-corrected chi connectivity index (χ3v) is 2.64. The zero-order valence-electron chi connectivity index (χ0n) is 11.1. The highest BCUT2D eigenvalue weighted by Crippen LogP contribution is 2.15. The first kappa shape index (κ1) is 14.6. The number of nitriles is 1. The molecule has 0 atom stereocenters. The van der Waals surface area contributed by atoms with Crippen molar-refractivity contribution in [3.05, 3.63) is 35.1 Å². The van der Waals surface area contributed by atoms with E-state index in [1.54, 1.807) is 13.8 Å². The van der Waals surface area contributed by atoms with E-state index >= 15 is 0 Å². The van der Waals surface area contributed by atoms with E-state index in [0.717, 1.165) is 6.54 Å². The van der Waals surface area contributed by atoms with Gasteiger partial charge >= 0.3 is 0 Å². The van der Waals surface area contributed by atoms with Gasteiger partial charge in [0.1, 0.15) is 5.82 Å². The van der Waals surface area contributed by atoms with Crippen molar-refractivity contribution in [2.75, 3.05) is 13.1 Å². The van der Waals surface area contributed by atoms with Gasteiger partial charge in [-0.1, -0.05) is 6.92 Å². The van der Waals surface area contributed by atoms with Crippen molar-refractivity contribution >= 4 is 0 Å². The molecule has 18 heavy (non-hydrogen) atoms. The van der Waals surface area contributed by atoms with Gasteiger partial charge in [-0.05, 0) is 44.2 Å². The highest BCUT2D eigenvalue weighted by molar-refractivity contribution is 5.37. The fourth-order valence-electron chi connectivity index (χ4n) is 1.87. The summed E-state index contributed by atoms with van der Waals surface area (Å²) in [6.45, 7) is 7.09. The molecule has 1 aromatic carbocycles. The van der Waals surface area contributed by atoms with Gasteiger partial charge in [0.2, 0.25) is 0 Å². The van der Waals surface area contributed by atoms with Gasteiger partial charge < -0.3 is 5.11 Å². The number of aliphatic hydroxyl groups is 1. The Morgan fingerprint density at radius 1 is 1.44 bits per heavy atom. The molecule has 1 N–H and O–H groups in total. The van der Waals surface area contributed by atoms with Gasteiger partial charge in [0.25, 0.3) is 0 Å². The molecule has 1 aromatic rings. The van der Waals surface area contributed by atoms with E-state index in [9.17, 15) is 9.50 Å². The molecule has 0 radical (unpaired) electrons. The summed E-state index contributed by atoms with van der Waals surface area (Å²) in [7, 11) is 0. The number of halogens is 1. The van der Waals surface area contributed by atoms with Crippen LogP contribution in [-0.4, -0.2) is 28.7 Å². The van der Waals surface area contributed by atoms with Crippen LogP contribution in [0.5, 0.6) is 0 Å². The molecule has 0 fully saturated rings. The van der Waals surface area contributed by atoms with Crippen LogP contribution in [0.1, 0.15) is 31.9 Å². The largest absolute Gasteiger partial charge is 0.389 e. The van der Waals surface area contributed by atoms with Gasteiger partial charge in [-0.3, -0.25) is 4.90 Å². The monoisotopic (exact) mass is 250 g/mol. The topological polar surface area (TPSA) is 47.3 Å². The lowest BCUT2D eigenvalue weighted by Gasteiger charge is -2.28.